The van der Waals surface area contributed by atoms with Crippen LogP contribution in [-0.2, 0) is 24.2 Å². The summed E-state index contributed by atoms with van der Waals surface area (Å²) in [5.74, 6) is 1.72. The Bertz CT molecular complexity index is 1170. The van der Waals surface area contributed by atoms with Crippen LogP contribution in [0.5, 0.6) is 11.5 Å². The van der Waals surface area contributed by atoms with Gasteiger partial charge >= 0.3 is 0 Å². The van der Waals surface area contributed by atoms with Crippen LogP contribution >= 0.6 is 11.6 Å². The third kappa shape index (κ3) is 4.41. The summed E-state index contributed by atoms with van der Waals surface area (Å²) in [7, 11) is 3.14. The quantitative estimate of drug-likeness (QED) is 0.659. The van der Waals surface area contributed by atoms with Gasteiger partial charge < -0.3 is 19.4 Å². The molecule has 0 aliphatic carbocycles. The molecule has 2 heterocycles. The molecule has 1 aliphatic rings. The van der Waals surface area contributed by atoms with Crippen LogP contribution in [-0.4, -0.2) is 41.5 Å². The average Bonchev–Trinajstić information content (AvgIpc) is 2.79. The summed E-state index contributed by atoms with van der Waals surface area (Å²) in [6.45, 7) is 0.771. The number of ether oxygens (including phenoxy) is 2. The van der Waals surface area contributed by atoms with Crippen molar-refractivity contribution in [1.82, 2.24) is 14.9 Å². The van der Waals surface area contributed by atoms with E-state index in [9.17, 15) is 9.59 Å². The van der Waals surface area contributed by atoms with Crippen molar-refractivity contribution in [2.24, 2.45) is 0 Å². The molecule has 0 unspecified atom stereocenters. The number of fused-ring (bicyclic) bond motifs is 1. The number of nitrogens with one attached hydrogen (secondary N) is 1. The summed E-state index contributed by atoms with van der Waals surface area (Å²) in [5, 5.41) is 0.467. The standard InChI is InChI=1S/C23H22ClN3O4/c1-30-16-6-4-15(5-7-16)22-25-19-13-27(10-9-17(19)23(29)26-22)21(28)12-14-3-8-20(31-2)18(24)11-14/h3-8,11H,9-10,12-13H2,1-2H3,(H,25,26,29). The van der Waals surface area contributed by atoms with Crippen LogP contribution in [0.3, 0.4) is 0 Å². The molecule has 3 aromatic rings. The van der Waals surface area contributed by atoms with Gasteiger partial charge in [-0.05, 0) is 48.4 Å². The molecular weight excluding hydrogens is 418 g/mol. The van der Waals surface area contributed by atoms with Gasteiger partial charge in [-0.15, -0.1) is 0 Å². The molecule has 1 amide bonds. The van der Waals surface area contributed by atoms with Gasteiger partial charge in [0.25, 0.3) is 5.56 Å². The van der Waals surface area contributed by atoms with Crippen molar-refractivity contribution in [3.63, 3.8) is 0 Å². The number of hydrogen-bond donors (Lipinski definition) is 1. The van der Waals surface area contributed by atoms with Crippen molar-refractivity contribution >= 4 is 17.5 Å². The summed E-state index contributed by atoms with van der Waals surface area (Å²) in [4.78, 5) is 34.7. The minimum Gasteiger partial charge on any atom is -0.497 e. The smallest absolute Gasteiger partial charge is 0.254 e. The highest BCUT2D eigenvalue weighted by Crippen LogP contribution is 2.26. The average molecular weight is 440 g/mol. The first-order valence-electron chi connectivity index (χ1n) is 9.85. The minimum atomic E-state index is -0.162. The zero-order chi connectivity index (χ0) is 22.0. The number of halogens is 1. The fourth-order valence-corrected chi connectivity index (χ4v) is 3.92. The number of nitrogens with zero attached hydrogens (tertiary/aromatic N) is 2. The summed E-state index contributed by atoms with van der Waals surface area (Å²) in [6.07, 6.45) is 0.684. The molecule has 0 saturated heterocycles. The van der Waals surface area contributed by atoms with Crippen molar-refractivity contribution < 1.29 is 14.3 Å². The maximum atomic E-state index is 12.9. The highest BCUT2D eigenvalue weighted by atomic mass is 35.5. The van der Waals surface area contributed by atoms with Crippen LogP contribution in [0.25, 0.3) is 11.4 Å². The maximum Gasteiger partial charge on any atom is 0.254 e. The fraction of sp³-hybridized carbons (Fsp3) is 0.261. The second-order valence-corrected chi connectivity index (χ2v) is 7.69. The van der Waals surface area contributed by atoms with Gasteiger partial charge in [-0.2, -0.15) is 0 Å². The van der Waals surface area contributed by atoms with E-state index in [1.807, 2.05) is 30.3 Å². The third-order valence-electron chi connectivity index (χ3n) is 5.36. The Kier molecular flexibility index (Phi) is 5.95. The molecule has 31 heavy (non-hydrogen) atoms. The van der Waals surface area contributed by atoms with Crippen molar-refractivity contribution in [3.8, 4) is 22.9 Å². The van der Waals surface area contributed by atoms with Crippen LogP contribution in [0.1, 0.15) is 16.8 Å². The second-order valence-electron chi connectivity index (χ2n) is 7.28. The van der Waals surface area contributed by atoms with E-state index in [4.69, 9.17) is 21.1 Å². The lowest BCUT2D eigenvalue weighted by molar-refractivity contribution is -0.131. The Morgan fingerprint density at radius 1 is 1.16 bits per heavy atom. The number of amides is 1. The molecule has 1 aromatic heterocycles. The monoisotopic (exact) mass is 439 g/mol. The van der Waals surface area contributed by atoms with Gasteiger partial charge in [0.1, 0.15) is 17.3 Å². The topological polar surface area (TPSA) is 84.5 Å². The van der Waals surface area contributed by atoms with Gasteiger partial charge in [0, 0.05) is 17.7 Å². The van der Waals surface area contributed by atoms with Crippen molar-refractivity contribution in [3.05, 3.63) is 74.7 Å². The molecular formula is C23H22ClN3O4. The van der Waals surface area contributed by atoms with E-state index in [-0.39, 0.29) is 17.9 Å². The molecule has 0 spiro atoms. The molecule has 7 nitrogen and oxygen atoms in total. The van der Waals surface area contributed by atoms with E-state index >= 15 is 0 Å². The van der Waals surface area contributed by atoms with Gasteiger partial charge in [0.05, 0.1) is 37.9 Å². The molecule has 0 atom stereocenters. The summed E-state index contributed by atoms with van der Waals surface area (Å²) in [6, 6.07) is 12.6. The molecule has 8 heteroatoms. The molecule has 4 rings (SSSR count). The number of benzene rings is 2. The number of carbonyl (C=O) groups is 1. The van der Waals surface area contributed by atoms with E-state index in [1.165, 1.54) is 0 Å². The van der Waals surface area contributed by atoms with E-state index < -0.39 is 0 Å². The second kappa shape index (κ2) is 8.81. The number of rotatable bonds is 5. The normalized spacial score (nSPS) is 12.9. The van der Waals surface area contributed by atoms with Crippen molar-refractivity contribution in [2.45, 2.75) is 19.4 Å². The Hall–Kier alpha value is -3.32. The predicted octanol–water partition coefficient (Wildman–Crippen LogP) is 3.23. The number of H-pyrrole nitrogens is 1. The van der Waals surface area contributed by atoms with Gasteiger partial charge in [-0.1, -0.05) is 17.7 Å². The number of aromatic amines is 1. The fourth-order valence-electron chi connectivity index (χ4n) is 3.64. The number of aromatic nitrogens is 2. The Morgan fingerprint density at radius 2 is 1.94 bits per heavy atom. The van der Waals surface area contributed by atoms with E-state index in [1.54, 1.807) is 31.3 Å². The van der Waals surface area contributed by atoms with Crippen LogP contribution < -0.4 is 15.0 Å². The molecule has 160 valence electrons. The molecule has 1 N–H and O–H groups in total. The minimum absolute atomic E-state index is 0.0417. The zero-order valence-corrected chi connectivity index (χ0v) is 18.0. The van der Waals surface area contributed by atoms with Crippen LogP contribution in [0.15, 0.2) is 47.3 Å². The molecule has 0 fully saturated rings. The van der Waals surface area contributed by atoms with Gasteiger partial charge in [0.15, 0.2) is 0 Å². The SMILES string of the molecule is COc1ccc(-c2nc3c(c(=O)[nH]2)CCN(C(=O)Cc2ccc(OC)c(Cl)c2)C3)cc1. The molecule has 0 bridgehead atoms. The highest BCUT2D eigenvalue weighted by molar-refractivity contribution is 6.32. The van der Waals surface area contributed by atoms with Crippen LogP contribution in [0.2, 0.25) is 5.02 Å². The van der Waals surface area contributed by atoms with E-state index in [2.05, 4.69) is 9.97 Å². The summed E-state index contributed by atoms with van der Waals surface area (Å²) < 4.78 is 10.3. The van der Waals surface area contributed by atoms with E-state index in [0.717, 1.165) is 16.9 Å². The molecule has 1 aliphatic heterocycles. The van der Waals surface area contributed by atoms with Gasteiger partial charge in [-0.3, -0.25) is 9.59 Å². The Labute approximate surface area is 184 Å². The maximum absolute atomic E-state index is 12.9. The molecule has 2 aromatic carbocycles. The highest BCUT2D eigenvalue weighted by Gasteiger charge is 2.25. The van der Waals surface area contributed by atoms with E-state index in [0.29, 0.717) is 47.4 Å². The van der Waals surface area contributed by atoms with Crippen molar-refractivity contribution in [1.29, 1.82) is 0 Å². The number of methoxy groups -OCH3 is 2. The Morgan fingerprint density at radius 3 is 2.61 bits per heavy atom. The zero-order valence-electron chi connectivity index (χ0n) is 17.3. The lowest BCUT2D eigenvalue weighted by atomic mass is 10.0. The third-order valence-corrected chi connectivity index (χ3v) is 5.66. The van der Waals surface area contributed by atoms with Crippen LogP contribution in [0, 0.1) is 0 Å². The van der Waals surface area contributed by atoms with Crippen LogP contribution in [0.4, 0.5) is 0 Å². The largest absolute Gasteiger partial charge is 0.497 e. The summed E-state index contributed by atoms with van der Waals surface area (Å²) >= 11 is 6.17. The first-order valence-corrected chi connectivity index (χ1v) is 10.2. The first kappa shape index (κ1) is 20.9. The van der Waals surface area contributed by atoms with Gasteiger partial charge in [0.2, 0.25) is 5.91 Å². The number of hydrogen-bond acceptors (Lipinski definition) is 5. The Balaban J connectivity index is 1.54. The summed E-state index contributed by atoms with van der Waals surface area (Å²) in [5.41, 5.74) is 2.68. The van der Waals surface area contributed by atoms with Gasteiger partial charge in [-0.25, -0.2) is 4.98 Å². The lowest BCUT2D eigenvalue weighted by Gasteiger charge is -2.28. The first-order chi connectivity index (χ1) is 15.0. The molecule has 0 saturated carbocycles. The lowest BCUT2D eigenvalue weighted by Crippen LogP contribution is -2.39. The number of carbonyl (C=O) groups excluding carboxylic acids is 1. The van der Waals surface area contributed by atoms with Crippen molar-refractivity contribution in [2.75, 3.05) is 20.8 Å². The molecule has 0 radical (unpaired) electrons. The predicted molar refractivity (Wildman–Crippen MR) is 118 cm³/mol.